The molecule has 0 aliphatic carbocycles. The predicted octanol–water partition coefficient (Wildman–Crippen LogP) is 7.74. The molecule has 0 saturated carbocycles. The highest BCUT2D eigenvalue weighted by Gasteiger charge is 2.09. The lowest BCUT2D eigenvalue weighted by Crippen LogP contribution is -1.92. The molecule has 0 saturated heterocycles. The van der Waals surface area contributed by atoms with E-state index in [1.807, 2.05) is 33.8 Å². The van der Waals surface area contributed by atoms with Crippen molar-refractivity contribution in [2.24, 2.45) is 0 Å². The standard InChI is InChI=1S/C19H20.2C2H6/c1-5-15(6-2)17(7-3)19-13-12-16-10-8-9-11-18(16)14(19)4;2*1-2/h5-13H,1H2,2-4H3;2*1-2H3/b15-6-,17-7+;;. The highest BCUT2D eigenvalue weighted by Crippen LogP contribution is 2.31. The van der Waals surface area contributed by atoms with Crippen molar-refractivity contribution in [3.63, 3.8) is 0 Å². The molecule has 0 aromatic heterocycles. The maximum absolute atomic E-state index is 3.91. The number of hydrogen-bond donors (Lipinski definition) is 0. The summed E-state index contributed by atoms with van der Waals surface area (Å²) in [5.74, 6) is 0. The van der Waals surface area contributed by atoms with Gasteiger partial charge in [-0.1, -0.05) is 88.9 Å². The van der Waals surface area contributed by atoms with E-state index in [-0.39, 0.29) is 0 Å². The predicted molar refractivity (Wildman–Crippen MR) is 109 cm³/mol. The van der Waals surface area contributed by atoms with Crippen LogP contribution in [0.2, 0.25) is 0 Å². The fraction of sp³-hybridized carbons (Fsp3) is 0.304. The Morgan fingerprint density at radius 3 is 2.00 bits per heavy atom. The van der Waals surface area contributed by atoms with E-state index >= 15 is 0 Å². The van der Waals surface area contributed by atoms with Crippen molar-refractivity contribution in [2.75, 3.05) is 0 Å². The molecule has 0 bridgehead atoms. The molecule has 2 rings (SSSR count). The van der Waals surface area contributed by atoms with Crippen molar-refractivity contribution in [3.8, 4) is 0 Å². The molecule has 0 spiro atoms. The normalized spacial score (nSPS) is 11.1. The Hall–Kier alpha value is -2.08. The fourth-order valence-corrected chi connectivity index (χ4v) is 2.58. The van der Waals surface area contributed by atoms with Gasteiger partial charge in [-0.25, -0.2) is 0 Å². The van der Waals surface area contributed by atoms with Gasteiger partial charge in [-0.05, 0) is 53.8 Å². The maximum Gasteiger partial charge on any atom is -0.0146 e. The Kier molecular flexibility index (Phi) is 10.4. The maximum atomic E-state index is 3.91. The second-order valence-electron chi connectivity index (χ2n) is 4.61. The van der Waals surface area contributed by atoms with Gasteiger partial charge in [-0.15, -0.1) is 0 Å². The summed E-state index contributed by atoms with van der Waals surface area (Å²) in [7, 11) is 0. The van der Waals surface area contributed by atoms with Crippen LogP contribution in [0.1, 0.15) is 52.7 Å². The van der Waals surface area contributed by atoms with Crippen LogP contribution in [0.4, 0.5) is 0 Å². The van der Waals surface area contributed by atoms with Gasteiger partial charge in [-0.2, -0.15) is 0 Å². The second-order valence-corrected chi connectivity index (χ2v) is 4.61. The molecule has 0 aliphatic heterocycles. The average molecular weight is 309 g/mol. The third-order valence-electron chi connectivity index (χ3n) is 3.62. The summed E-state index contributed by atoms with van der Waals surface area (Å²) in [5, 5.41) is 2.61. The molecule has 0 fully saturated rings. The Balaban J connectivity index is 0.00000112. The van der Waals surface area contributed by atoms with Crippen LogP contribution in [0.15, 0.2) is 66.8 Å². The van der Waals surface area contributed by atoms with Gasteiger partial charge in [0.05, 0.1) is 0 Å². The summed E-state index contributed by atoms with van der Waals surface area (Å²) < 4.78 is 0. The molecule has 0 nitrogen and oxygen atoms in total. The number of aryl methyl sites for hydroxylation is 1. The molecule has 0 heteroatoms. The summed E-state index contributed by atoms with van der Waals surface area (Å²) in [4.78, 5) is 0. The minimum Gasteiger partial charge on any atom is -0.0985 e. The molecule has 0 heterocycles. The van der Waals surface area contributed by atoms with Gasteiger partial charge in [0.2, 0.25) is 0 Å². The van der Waals surface area contributed by atoms with Crippen LogP contribution >= 0.6 is 0 Å². The SMILES string of the molecule is C=CC(=C/C)/C(=C\C)c1ccc2ccccc2c1C.CC.CC. The van der Waals surface area contributed by atoms with Crippen molar-refractivity contribution in [2.45, 2.75) is 48.5 Å². The smallest absolute Gasteiger partial charge is 0.0146 e. The van der Waals surface area contributed by atoms with Crippen LogP contribution in [-0.4, -0.2) is 0 Å². The monoisotopic (exact) mass is 308 g/mol. The van der Waals surface area contributed by atoms with E-state index in [0.717, 1.165) is 0 Å². The second kappa shape index (κ2) is 11.5. The van der Waals surface area contributed by atoms with Crippen LogP contribution in [0.5, 0.6) is 0 Å². The molecule has 0 atom stereocenters. The number of benzene rings is 2. The van der Waals surface area contributed by atoms with Crippen molar-refractivity contribution in [1.82, 2.24) is 0 Å². The summed E-state index contributed by atoms with van der Waals surface area (Å²) in [6.07, 6.45) is 6.19. The van der Waals surface area contributed by atoms with Gasteiger partial charge in [0.1, 0.15) is 0 Å². The van der Waals surface area contributed by atoms with E-state index < -0.39 is 0 Å². The van der Waals surface area contributed by atoms with Crippen molar-refractivity contribution >= 4 is 16.3 Å². The summed E-state index contributed by atoms with van der Waals surface area (Å²) in [6.45, 7) is 18.2. The first-order chi connectivity index (χ1) is 11.2. The molecular weight excluding hydrogens is 276 g/mol. The Morgan fingerprint density at radius 2 is 1.48 bits per heavy atom. The minimum absolute atomic E-state index is 1.18. The van der Waals surface area contributed by atoms with Crippen molar-refractivity contribution in [1.29, 1.82) is 0 Å². The van der Waals surface area contributed by atoms with Crippen molar-refractivity contribution in [3.05, 3.63) is 77.9 Å². The molecule has 124 valence electrons. The lowest BCUT2D eigenvalue weighted by Gasteiger charge is -2.14. The first kappa shape index (κ1) is 20.9. The number of allylic oxidation sites excluding steroid dienone is 5. The molecule has 2 aromatic rings. The topological polar surface area (TPSA) is 0 Å². The van der Waals surface area contributed by atoms with Gasteiger partial charge >= 0.3 is 0 Å². The van der Waals surface area contributed by atoms with Crippen molar-refractivity contribution < 1.29 is 0 Å². The summed E-state index contributed by atoms with van der Waals surface area (Å²) in [5.41, 5.74) is 5.04. The number of rotatable bonds is 3. The van der Waals surface area contributed by atoms with E-state index in [4.69, 9.17) is 0 Å². The van der Waals surface area contributed by atoms with E-state index in [0.29, 0.717) is 0 Å². The molecule has 0 amide bonds. The molecule has 2 aromatic carbocycles. The van der Waals surface area contributed by atoms with Crippen LogP contribution in [-0.2, 0) is 0 Å². The first-order valence-corrected chi connectivity index (χ1v) is 8.67. The van der Waals surface area contributed by atoms with Crippen LogP contribution in [0, 0.1) is 6.92 Å². The zero-order valence-electron chi connectivity index (χ0n) is 15.9. The molecule has 0 N–H and O–H groups in total. The summed E-state index contributed by atoms with van der Waals surface area (Å²) in [6, 6.07) is 12.9. The van der Waals surface area contributed by atoms with E-state index in [2.05, 4.69) is 75.9 Å². The highest BCUT2D eigenvalue weighted by molar-refractivity contribution is 5.93. The Labute approximate surface area is 143 Å². The third-order valence-corrected chi connectivity index (χ3v) is 3.62. The van der Waals surface area contributed by atoms with Gasteiger partial charge < -0.3 is 0 Å². The zero-order chi connectivity index (χ0) is 17.8. The van der Waals surface area contributed by atoms with Crippen LogP contribution < -0.4 is 0 Å². The quantitative estimate of drug-likeness (QED) is 0.509. The van der Waals surface area contributed by atoms with E-state index in [9.17, 15) is 0 Å². The average Bonchev–Trinajstić information content (AvgIpc) is 2.64. The largest absolute Gasteiger partial charge is 0.0985 e. The molecule has 23 heavy (non-hydrogen) atoms. The number of hydrogen-bond acceptors (Lipinski definition) is 0. The lowest BCUT2D eigenvalue weighted by atomic mass is 9.91. The van der Waals surface area contributed by atoms with E-state index in [1.54, 1.807) is 0 Å². The first-order valence-electron chi connectivity index (χ1n) is 8.67. The fourth-order valence-electron chi connectivity index (χ4n) is 2.58. The van der Waals surface area contributed by atoms with Gasteiger partial charge in [-0.3, -0.25) is 0 Å². The summed E-state index contributed by atoms with van der Waals surface area (Å²) >= 11 is 0. The molecule has 0 radical (unpaired) electrons. The van der Waals surface area contributed by atoms with Gasteiger partial charge in [0, 0.05) is 0 Å². The Bertz CT molecular complexity index is 669. The third kappa shape index (κ3) is 4.96. The number of fused-ring (bicyclic) bond motifs is 1. The van der Waals surface area contributed by atoms with Gasteiger partial charge in [0.15, 0.2) is 0 Å². The molecular formula is C23H32. The minimum atomic E-state index is 1.18. The van der Waals surface area contributed by atoms with Crippen LogP contribution in [0.25, 0.3) is 16.3 Å². The Morgan fingerprint density at radius 1 is 0.870 bits per heavy atom. The molecule has 0 aliphatic rings. The van der Waals surface area contributed by atoms with Gasteiger partial charge in [0.25, 0.3) is 0 Å². The lowest BCUT2D eigenvalue weighted by molar-refractivity contribution is 1.45. The van der Waals surface area contributed by atoms with Crippen LogP contribution in [0.3, 0.4) is 0 Å². The zero-order valence-corrected chi connectivity index (χ0v) is 15.9. The molecule has 0 unspecified atom stereocenters. The highest BCUT2D eigenvalue weighted by atomic mass is 14.1. The van der Waals surface area contributed by atoms with E-state index in [1.165, 1.54) is 33.0 Å².